The highest BCUT2D eigenvalue weighted by Gasteiger charge is 2.37. The Morgan fingerprint density at radius 2 is 1.79 bits per heavy atom. The first-order valence-corrected chi connectivity index (χ1v) is 9.56. The summed E-state index contributed by atoms with van der Waals surface area (Å²) in [6, 6.07) is 17.9. The van der Waals surface area contributed by atoms with Gasteiger partial charge in [0.05, 0.1) is 19.1 Å². The molecule has 1 saturated heterocycles. The molecular weight excluding hydrogens is 356 g/mol. The lowest BCUT2D eigenvalue weighted by atomic mass is 9.81. The topological polar surface area (TPSA) is 66.5 Å². The molecule has 0 unspecified atom stereocenters. The van der Waals surface area contributed by atoms with Crippen molar-refractivity contribution in [3.8, 4) is 0 Å². The van der Waals surface area contributed by atoms with Gasteiger partial charge in [0.15, 0.2) is 6.29 Å². The molecule has 0 N–H and O–H groups in total. The highest BCUT2D eigenvalue weighted by molar-refractivity contribution is 5.83. The van der Waals surface area contributed by atoms with Gasteiger partial charge in [-0.05, 0) is 23.6 Å². The monoisotopic (exact) mass is 380 g/mol. The average molecular weight is 380 g/mol. The molecule has 3 aromatic rings. The van der Waals surface area contributed by atoms with Crippen molar-refractivity contribution in [3.63, 3.8) is 0 Å². The lowest BCUT2D eigenvalue weighted by Crippen LogP contribution is -2.33. The highest BCUT2D eigenvalue weighted by atomic mass is 16.7. The summed E-state index contributed by atoms with van der Waals surface area (Å²) < 4.78 is 13.8. The van der Waals surface area contributed by atoms with E-state index in [2.05, 4.69) is 22.9 Å². The van der Waals surface area contributed by atoms with Crippen LogP contribution in [-0.2, 0) is 22.9 Å². The molecule has 0 spiro atoms. The van der Waals surface area contributed by atoms with Crippen molar-refractivity contribution in [2.45, 2.75) is 18.6 Å². The molecule has 0 bridgehead atoms. The second-order valence-electron chi connectivity index (χ2n) is 7.29. The molecule has 0 aliphatic carbocycles. The van der Waals surface area contributed by atoms with Gasteiger partial charge in [0, 0.05) is 35.0 Å². The zero-order chi connectivity index (χ0) is 19.5. The van der Waals surface area contributed by atoms with E-state index in [0.29, 0.717) is 19.6 Å². The quantitative estimate of drug-likeness (QED) is 0.462. The van der Waals surface area contributed by atoms with Crippen molar-refractivity contribution >= 4 is 10.9 Å². The molecule has 2 aromatic carbocycles. The van der Waals surface area contributed by atoms with Crippen LogP contribution in [0.15, 0.2) is 60.8 Å². The van der Waals surface area contributed by atoms with E-state index < -0.39 is 6.29 Å². The van der Waals surface area contributed by atoms with Crippen LogP contribution >= 0.6 is 0 Å². The maximum absolute atomic E-state index is 11.5. The fraction of sp³-hybridized carbons (Fsp3) is 0.364. The second-order valence-corrected chi connectivity index (χ2v) is 7.29. The maximum atomic E-state index is 11.5. The number of rotatable bonds is 7. The summed E-state index contributed by atoms with van der Waals surface area (Å²) in [4.78, 5) is 11.3. The normalized spacial score (nSPS) is 17.0. The van der Waals surface area contributed by atoms with Gasteiger partial charge in [-0.25, -0.2) is 0 Å². The number of nitro groups is 1. The third-order valence-corrected chi connectivity index (χ3v) is 5.52. The molecule has 1 aliphatic heterocycles. The fourth-order valence-electron chi connectivity index (χ4n) is 4.24. The van der Waals surface area contributed by atoms with Crippen LogP contribution < -0.4 is 0 Å². The zero-order valence-corrected chi connectivity index (χ0v) is 15.9. The van der Waals surface area contributed by atoms with Crippen LogP contribution in [0.4, 0.5) is 0 Å². The smallest absolute Gasteiger partial charge is 0.211 e. The predicted molar refractivity (Wildman–Crippen MR) is 107 cm³/mol. The molecule has 0 radical (unpaired) electrons. The number of nitrogens with zero attached hydrogens (tertiary/aromatic N) is 2. The molecule has 0 saturated carbocycles. The largest absolute Gasteiger partial charge is 0.350 e. The molecule has 146 valence electrons. The molecule has 4 rings (SSSR count). The van der Waals surface area contributed by atoms with Gasteiger partial charge >= 0.3 is 0 Å². The van der Waals surface area contributed by atoms with Crippen LogP contribution in [-0.4, -0.2) is 35.5 Å². The SMILES string of the molecule is Cn1cc(C[C@@H](C2OCCO2)[C@H](C[N+](=O)[O-])c2ccccc2)c2ccccc21. The van der Waals surface area contributed by atoms with Gasteiger partial charge in [-0.2, -0.15) is 0 Å². The van der Waals surface area contributed by atoms with E-state index in [-0.39, 0.29) is 23.3 Å². The molecule has 1 aromatic heterocycles. The molecule has 6 heteroatoms. The molecule has 1 aliphatic rings. The number of fused-ring (bicyclic) bond motifs is 1. The molecule has 6 nitrogen and oxygen atoms in total. The van der Waals surface area contributed by atoms with Gasteiger partial charge in [0.1, 0.15) is 0 Å². The summed E-state index contributed by atoms with van der Waals surface area (Å²) in [6.07, 6.45) is 2.32. The minimum absolute atomic E-state index is 0.150. The number of hydrogen-bond acceptors (Lipinski definition) is 4. The van der Waals surface area contributed by atoms with E-state index in [1.807, 2.05) is 49.5 Å². The first-order valence-electron chi connectivity index (χ1n) is 9.56. The Morgan fingerprint density at radius 3 is 2.50 bits per heavy atom. The van der Waals surface area contributed by atoms with Crippen LogP contribution in [0, 0.1) is 16.0 Å². The van der Waals surface area contributed by atoms with Crippen LogP contribution in [0.2, 0.25) is 0 Å². The molecule has 1 fully saturated rings. The average Bonchev–Trinajstić information content (AvgIpc) is 3.34. The third kappa shape index (κ3) is 3.79. The lowest BCUT2D eigenvalue weighted by molar-refractivity contribution is -0.485. The molecule has 28 heavy (non-hydrogen) atoms. The first-order chi connectivity index (χ1) is 13.6. The minimum Gasteiger partial charge on any atom is -0.350 e. The van der Waals surface area contributed by atoms with Gasteiger partial charge < -0.3 is 14.0 Å². The van der Waals surface area contributed by atoms with Gasteiger partial charge in [-0.15, -0.1) is 0 Å². The Balaban J connectivity index is 1.74. The molecule has 2 heterocycles. The zero-order valence-electron chi connectivity index (χ0n) is 15.9. The van der Waals surface area contributed by atoms with Crippen molar-refractivity contribution in [2.75, 3.05) is 19.8 Å². The Kier molecular flexibility index (Phi) is 5.41. The van der Waals surface area contributed by atoms with Crippen LogP contribution in [0.25, 0.3) is 10.9 Å². The van der Waals surface area contributed by atoms with Crippen molar-refractivity contribution in [1.82, 2.24) is 4.57 Å². The van der Waals surface area contributed by atoms with Gasteiger partial charge in [-0.3, -0.25) is 10.1 Å². The standard InChI is InChI=1S/C22H24N2O4/c1-23-14-17(18-9-5-6-10-21(18)23)13-19(22-27-11-12-28-22)20(15-24(25)26)16-7-3-2-4-8-16/h2-10,14,19-20,22H,11-13,15H2,1H3/t19-,20-/m1/s1. The first kappa shape index (κ1) is 18.7. The molecule has 2 atom stereocenters. The van der Waals surface area contributed by atoms with Crippen molar-refractivity contribution < 1.29 is 14.4 Å². The summed E-state index contributed by atoms with van der Waals surface area (Å²) in [5.74, 6) is -0.445. The van der Waals surface area contributed by atoms with Gasteiger partial charge in [0.25, 0.3) is 0 Å². The van der Waals surface area contributed by atoms with Crippen molar-refractivity contribution in [2.24, 2.45) is 13.0 Å². The second kappa shape index (κ2) is 8.12. The van der Waals surface area contributed by atoms with Crippen molar-refractivity contribution in [1.29, 1.82) is 0 Å². The number of hydrogen-bond donors (Lipinski definition) is 0. The Hall–Kier alpha value is -2.70. The number of aromatic nitrogens is 1. The Morgan fingerprint density at radius 1 is 1.11 bits per heavy atom. The summed E-state index contributed by atoms with van der Waals surface area (Å²) in [5.41, 5.74) is 3.25. The predicted octanol–water partition coefficient (Wildman–Crippen LogP) is 3.77. The van der Waals surface area contributed by atoms with E-state index in [1.165, 1.54) is 5.39 Å². The molecule has 0 amide bonds. The number of benzene rings is 2. The summed E-state index contributed by atoms with van der Waals surface area (Å²) in [7, 11) is 2.02. The Labute approximate surface area is 163 Å². The fourth-order valence-corrected chi connectivity index (χ4v) is 4.24. The minimum atomic E-state index is -0.441. The number of aryl methyl sites for hydroxylation is 1. The van der Waals surface area contributed by atoms with E-state index in [1.54, 1.807) is 0 Å². The van der Waals surface area contributed by atoms with E-state index >= 15 is 0 Å². The van der Waals surface area contributed by atoms with Crippen LogP contribution in [0.1, 0.15) is 17.0 Å². The lowest BCUT2D eigenvalue weighted by Gasteiger charge is -2.28. The van der Waals surface area contributed by atoms with E-state index in [4.69, 9.17) is 9.47 Å². The summed E-state index contributed by atoms with van der Waals surface area (Å²) in [5, 5.41) is 12.7. The highest BCUT2D eigenvalue weighted by Crippen LogP contribution is 2.35. The molecular formula is C22H24N2O4. The maximum Gasteiger partial charge on any atom is 0.211 e. The Bertz CT molecular complexity index is 948. The number of ether oxygens (including phenoxy) is 2. The van der Waals surface area contributed by atoms with Gasteiger partial charge in [0.2, 0.25) is 6.54 Å². The van der Waals surface area contributed by atoms with Crippen molar-refractivity contribution in [3.05, 3.63) is 82.0 Å². The summed E-state index contributed by atoms with van der Waals surface area (Å²) >= 11 is 0. The van der Waals surface area contributed by atoms with E-state index in [0.717, 1.165) is 16.6 Å². The van der Waals surface area contributed by atoms with E-state index in [9.17, 15) is 10.1 Å². The summed E-state index contributed by atoms with van der Waals surface area (Å²) in [6.45, 7) is 0.899. The number of para-hydroxylation sites is 1. The third-order valence-electron chi connectivity index (χ3n) is 5.52. The van der Waals surface area contributed by atoms with Crippen LogP contribution in [0.3, 0.4) is 0 Å². The van der Waals surface area contributed by atoms with Gasteiger partial charge in [-0.1, -0.05) is 48.5 Å². The van der Waals surface area contributed by atoms with Crippen LogP contribution in [0.5, 0.6) is 0 Å².